The van der Waals surface area contributed by atoms with E-state index in [4.69, 9.17) is 14.2 Å². The summed E-state index contributed by atoms with van der Waals surface area (Å²) in [6.45, 7) is 1.67. The molecule has 1 aliphatic rings. The Balaban J connectivity index is 1.54. The van der Waals surface area contributed by atoms with Crippen molar-refractivity contribution in [1.82, 2.24) is 5.43 Å². The molecule has 0 radical (unpaired) electrons. The van der Waals surface area contributed by atoms with Crippen LogP contribution in [0.3, 0.4) is 0 Å². The molecule has 0 bridgehead atoms. The maximum atomic E-state index is 11.8. The number of nitrogens with one attached hydrogen (secondary N) is 1. The molecular weight excluding hydrogens is 312 g/mol. The van der Waals surface area contributed by atoms with Crippen molar-refractivity contribution in [2.45, 2.75) is 6.92 Å². The molecule has 124 valence electrons. The smallest absolute Gasteiger partial charge is 0.277 e. The predicted octanol–water partition coefficient (Wildman–Crippen LogP) is 2.04. The lowest BCUT2D eigenvalue weighted by molar-refractivity contribution is -0.123. The Morgan fingerprint density at radius 2 is 2.04 bits per heavy atom. The number of hydrogen-bond acceptors (Lipinski definition) is 6. The van der Waals surface area contributed by atoms with Gasteiger partial charge in [0.05, 0.1) is 5.71 Å². The van der Waals surface area contributed by atoms with Crippen molar-refractivity contribution in [3.05, 3.63) is 48.0 Å². The topological polar surface area (TPSA) is 89.4 Å². The molecule has 3 rings (SSSR count). The van der Waals surface area contributed by atoms with E-state index in [1.54, 1.807) is 49.4 Å². The zero-order valence-electron chi connectivity index (χ0n) is 13.0. The van der Waals surface area contributed by atoms with Gasteiger partial charge in [-0.2, -0.15) is 5.10 Å². The van der Waals surface area contributed by atoms with Gasteiger partial charge >= 0.3 is 0 Å². The Kier molecular flexibility index (Phi) is 4.51. The highest BCUT2D eigenvalue weighted by Crippen LogP contribution is 2.34. The third-order valence-corrected chi connectivity index (χ3v) is 3.36. The number of rotatable bonds is 5. The molecule has 24 heavy (non-hydrogen) atoms. The van der Waals surface area contributed by atoms with Gasteiger partial charge in [-0.15, -0.1) is 0 Å². The minimum Gasteiger partial charge on any atom is -0.507 e. The molecular formula is C17H16N2O5. The second kappa shape index (κ2) is 6.91. The fourth-order valence-corrected chi connectivity index (χ4v) is 2.13. The summed E-state index contributed by atoms with van der Waals surface area (Å²) < 4.78 is 15.8. The summed E-state index contributed by atoms with van der Waals surface area (Å²) in [5.41, 5.74) is 3.43. The standard InChI is InChI=1S/C17H16N2O5/c1-11(13-4-2-3-5-14(13)20)18-19-17(21)9-22-12-6-7-15-16(8-12)24-10-23-15/h2-8,20H,9-10H2,1H3,(H,19,21)/b18-11+. The fourth-order valence-electron chi connectivity index (χ4n) is 2.13. The molecule has 0 saturated heterocycles. The first-order valence-electron chi connectivity index (χ1n) is 7.27. The van der Waals surface area contributed by atoms with Gasteiger partial charge in [-0.05, 0) is 31.2 Å². The number of hydrogen-bond donors (Lipinski definition) is 2. The minimum atomic E-state index is -0.414. The van der Waals surface area contributed by atoms with Crippen LogP contribution in [0.1, 0.15) is 12.5 Å². The van der Waals surface area contributed by atoms with Crippen LogP contribution in [0.4, 0.5) is 0 Å². The number of phenolic OH excluding ortho intramolecular Hbond substituents is 1. The van der Waals surface area contributed by atoms with E-state index in [0.29, 0.717) is 28.5 Å². The summed E-state index contributed by atoms with van der Waals surface area (Å²) in [5, 5.41) is 13.7. The van der Waals surface area contributed by atoms with Crippen molar-refractivity contribution < 1.29 is 24.1 Å². The van der Waals surface area contributed by atoms with E-state index in [9.17, 15) is 9.90 Å². The first-order chi connectivity index (χ1) is 11.6. The number of amides is 1. The van der Waals surface area contributed by atoms with Crippen LogP contribution >= 0.6 is 0 Å². The molecule has 2 aromatic rings. The summed E-state index contributed by atoms with van der Waals surface area (Å²) in [7, 11) is 0. The summed E-state index contributed by atoms with van der Waals surface area (Å²) >= 11 is 0. The lowest BCUT2D eigenvalue weighted by Gasteiger charge is -2.07. The van der Waals surface area contributed by atoms with Gasteiger partial charge in [-0.1, -0.05) is 12.1 Å². The van der Waals surface area contributed by atoms with Crippen LogP contribution < -0.4 is 19.6 Å². The molecule has 0 aromatic heterocycles. The van der Waals surface area contributed by atoms with E-state index in [1.165, 1.54) is 0 Å². The molecule has 0 unspecified atom stereocenters. The number of benzene rings is 2. The Labute approximate surface area is 138 Å². The van der Waals surface area contributed by atoms with Gasteiger partial charge in [0.2, 0.25) is 6.79 Å². The highest BCUT2D eigenvalue weighted by molar-refractivity contribution is 6.01. The van der Waals surface area contributed by atoms with Crippen LogP contribution in [0.5, 0.6) is 23.0 Å². The number of fused-ring (bicyclic) bond motifs is 1. The molecule has 1 aliphatic heterocycles. The van der Waals surface area contributed by atoms with Crippen LogP contribution in [0.2, 0.25) is 0 Å². The molecule has 0 aliphatic carbocycles. The zero-order chi connectivity index (χ0) is 16.9. The average Bonchev–Trinajstić information content (AvgIpc) is 3.06. The van der Waals surface area contributed by atoms with E-state index in [-0.39, 0.29) is 19.1 Å². The van der Waals surface area contributed by atoms with Crippen LogP contribution in [0, 0.1) is 0 Å². The molecule has 2 aromatic carbocycles. The van der Waals surface area contributed by atoms with Crippen LogP contribution in [0.15, 0.2) is 47.6 Å². The predicted molar refractivity (Wildman–Crippen MR) is 86.5 cm³/mol. The number of para-hydroxylation sites is 1. The highest BCUT2D eigenvalue weighted by atomic mass is 16.7. The minimum absolute atomic E-state index is 0.101. The second-order valence-electron chi connectivity index (χ2n) is 5.05. The van der Waals surface area contributed by atoms with E-state index in [0.717, 1.165) is 0 Å². The Morgan fingerprint density at radius 3 is 2.88 bits per heavy atom. The summed E-state index contributed by atoms with van der Waals surface area (Å²) in [6, 6.07) is 11.8. The molecule has 0 atom stereocenters. The van der Waals surface area contributed by atoms with Crippen molar-refractivity contribution in [1.29, 1.82) is 0 Å². The van der Waals surface area contributed by atoms with Crippen LogP contribution in [-0.4, -0.2) is 30.1 Å². The van der Waals surface area contributed by atoms with Crippen molar-refractivity contribution in [3.8, 4) is 23.0 Å². The Hall–Kier alpha value is -3.22. The first-order valence-corrected chi connectivity index (χ1v) is 7.27. The lowest BCUT2D eigenvalue weighted by Crippen LogP contribution is -2.25. The largest absolute Gasteiger partial charge is 0.507 e. The third kappa shape index (κ3) is 3.57. The van der Waals surface area contributed by atoms with Gasteiger partial charge in [-0.3, -0.25) is 4.79 Å². The van der Waals surface area contributed by atoms with Crippen molar-refractivity contribution in [2.24, 2.45) is 5.10 Å². The fraction of sp³-hybridized carbons (Fsp3) is 0.176. The van der Waals surface area contributed by atoms with Gasteiger partial charge in [-0.25, -0.2) is 5.43 Å². The second-order valence-corrected chi connectivity index (χ2v) is 5.05. The van der Waals surface area contributed by atoms with Gasteiger partial charge in [0.1, 0.15) is 11.5 Å². The summed E-state index contributed by atoms with van der Waals surface area (Å²) in [6.07, 6.45) is 0. The lowest BCUT2D eigenvalue weighted by atomic mass is 10.1. The van der Waals surface area contributed by atoms with E-state index in [2.05, 4.69) is 10.5 Å². The monoisotopic (exact) mass is 328 g/mol. The zero-order valence-corrected chi connectivity index (χ0v) is 13.0. The normalized spacial score (nSPS) is 12.8. The number of carbonyl (C=O) groups is 1. The van der Waals surface area contributed by atoms with Gasteiger partial charge in [0.15, 0.2) is 18.1 Å². The molecule has 1 amide bonds. The molecule has 0 fully saturated rings. The maximum absolute atomic E-state index is 11.8. The molecule has 1 heterocycles. The SMILES string of the molecule is C/C(=N\NC(=O)COc1ccc2c(c1)OCO2)c1ccccc1O. The first kappa shape index (κ1) is 15.7. The maximum Gasteiger partial charge on any atom is 0.277 e. The summed E-state index contributed by atoms with van der Waals surface area (Å²) in [4.78, 5) is 11.8. The number of phenols is 1. The van der Waals surface area contributed by atoms with E-state index >= 15 is 0 Å². The van der Waals surface area contributed by atoms with Crippen molar-refractivity contribution in [3.63, 3.8) is 0 Å². The Bertz CT molecular complexity index is 788. The van der Waals surface area contributed by atoms with Gasteiger partial charge in [0.25, 0.3) is 5.91 Å². The Morgan fingerprint density at radius 1 is 1.25 bits per heavy atom. The van der Waals surface area contributed by atoms with Gasteiger partial charge in [0, 0.05) is 11.6 Å². The van der Waals surface area contributed by atoms with Crippen molar-refractivity contribution in [2.75, 3.05) is 13.4 Å². The van der Waals surface area contributed by atoms with Crippen molar-refractivity contribution >= 4 is 11.6 Å². The number of ether oxygens (including phenoxy) is 3. The molecule has 2 N–H and O–H groups in total. The quantitative estimate of drug-likeness (QED) is 0.647. The number of aromatic hydroxyl groups is 1. The third-order valence-electron chi connectivity index (χ3n) is 3.36. The average molecular weight is 328 g/mol. The highest BCUT2D eigenvalue weighted by Gasteiger charge is 2.14. The van der Waals surface area contributed by atoms with E-state index < -0.39 is 5.91 Å². The molecule has 0 saturated carbocycles. The number of carbonyl (C=O) groups excluding carboxylic acids is 1. The molecule has 7 nitrogen and oxygen atoms in total. The van der Waals surface area contributed by atoms with Crippen LogP contribution in [0.25, 0.3) is 0 Å². The molecule has 7 heteroatoms. The number of hydrazone groups is 1. The van der Waals surface area contributed by atoms with E-state index in [1.807, 2.05) is 0 Å². The summed E-state index contributed by atoms with van der Waals surface area (Å²) in [5.74, 6) is 1.42. The van der Waals surface area contributed by atoms with Gasteiger partial charge < -0.3 is 19.3 Å². The number of nitrogens with zero attached hydrogens (tertiary/aromatic N) is 1. The molecule has 0 spiro atoms. The van der Waals surface area contributed by atoms with Crippen LogP contribution in [-0.2, 0) is 4.79 Å².